The third-order valence-corrected chi connectivity index (χ3v) is 20.0. The van der Waals surface area contributed by atoms with E-state index in [2.05, 4.69) is 26.4 Å². The van der Waals surface area contributed by atoms with Gasteiger partial charge in [0.1, 0.15) is 46.2 Å². The highest BCUT2D eigenvalue weighted by molar-refractivity contribution is 7.44. The number of nitriles is 1. The minimum atomic E-state index is -1.82. The fourth-order valence-corrected chi connectivity index (χ4v) is 14.3. The number of hydrogen-bond acceptors (Lipinski definition) is 19. The molecule has 1 fully saturated rings. The first kappa shape index (κ1) is 75.9. The molecule has 4 heterocycles. The smallest absolute Gasteiger partial charge is 0.340 e. The first-order valence-electron chi connectivity index (χ1n) is 34.5. The van der Waals surface area contributed by atoms with Gasteiger partial charge in [-0.1, -0.05) is 73.5 Å². The summed E-state index contributed by atoms with van der Waals surface area (Å²) in [5, 5.41) is 15.3. The van der Waals surface area contributed by atoms with Crippen LogP contribution in [0.5, 0.6) is 34.5 Å². The van der Waals surface area contributed by atoms with Crippen LogP contribution in [0.2, 0.25) is 0 Å². The number of nitrogens with zero attached hydrogens (tertiary/aromatic N) is 3. The maximum absolute atomic E-state index is 14.0. The van der Waals surface area contributed by atoms with Crippen LogP contribution < -0.4 is 45.6 Å². The van der Waals surface area contributed by atoms with Gasteiger partial charge in [0.2, 0.25) is 5.91 Å². The van der Waals surface area contributed by atoms with Gasteiger partial charge in [-0.3, -0.25) is 33.5 Å². The molecule has 1 spiro atoms. The number of hydrogen-bond donors (Lipinski definition) is 3. The predicted octanol–water partition coefficient (Wildman–Crippen LogP) is 13.1. The first-order chi connectivity index (χ1) is 49.2. The van der Waals surface area contributed by atoms with Gasteiger partial charge in [-0.25, -0.2) is 14.3 Å². The number of H-pyrrole nitrogens is 1. The number of carbonyl (C=O) groups excluding carboxylic acids is 5. The van der Waals surface area contributed by atoms with Gasteiger partial charge >= 0.3 is 23.6 Å². The van der Waals surface area contributed by atoms with Crippen molar-refractivity contribution >= 4 is 44.4 Å². The predicted molar refractivity (Wildman–Crippen MR) is 386 cm³/mol. The number of carbonyl (C=O) groups is 5. The summed E-state index contributed by atoms with van der Waals surface area (Å²) in [5.41, 5.74) is -1.72. The Bertz CT molecular complexity index is 4290. The van der Waals surface area contributed by atoms with E-state index in [1.54, 1.807) is 104 Å². The molecule has 24 heteroatoms. The Morgan fingerprint density at radius 3 is 1.80 bits per heavy atom. The summed E-state index contributed by atoms with van der Waals surface area (Å²) in [7, 11) is 1.38. The number of esters is 3. The second-order valence-corrected chi connectivity index (χ2v) is 29.4. The second-order valence-electron chi connectivity index (χ2n) is 28.0. The number of rotatable bonds is 29. The molecule has 3 N–H and O–H groups in total. The Hall–Kier alpha value is -9.79. The van der Waals surface area contributed by atoms with Crippen molar-refractivity contribution in [3.63, 3.8) is 0 Å². The number of ether oxygens (including phenoxy) is 8. The summed E-state index contributed by atoms with van der Waals surface area (Å²) in [6, 6.07) is 41.5. The monoisotopic (exact) mass is 1420 g/mol. The fourth-order valence-electron chi connectivity index (χ4n) is 12.5. The Morgan fingerprint density at radius 1 is 0.709 bits per heavy atom. The molecular formula is C79H89N6O17P. The number of methoxy groups -OCH3 is 2. The summed E-state index contributed by atoms with van der Waals surface area (Å²) in [4.78, 5) is 96.7. The van der Waals surface area contributed by atoms with Crippen LogP contribution in [-0.4, -0.2) is 109 Å². The van der Waals surface area contributed by atoms with Gasteiger partial charge in [0.25, 0.3) is 20.0 Å². The number of nitrogens with one attached hydrogen (secondary N) is 3. The lowest BCUT2D eigenvalue weighted by atomic mass is 9.77. The Labute approximate surface area is 600 Å². The summed E-state index contributed by atoms with van der Waals surface area (Å²) < 4.78 is 66.2. The van der Waals surface area contributed by atoms with Gasteiger partial charge in [0, 0.05) is 84.5 Å². The Morgan fingerprint density at radius 2 is 1.25 bits per heavy atom. The van der Waals surface area contributed by atoms with Crippen LogP contribution in [0.25, 0.3) is 6.20 Å². The molecule has 0 radical (unpaired) electrons. The highest BCUT2D eigenvalue weighted by atomic mass is 31.2. The van der Waals surface area contributed by atoms with Crippen LogP contribution in [0, 0.1) is 22.2 Å². The largest absolute Gasteiger partial charge is 0.497 e. The lowest BCUT2D eigenvalue weighted by molar-refractivity contribution is -0.143. The zero-order valence-electron chi connectivity index (χ0n) is 60.1. The van der Waals surface area contributed by atoms with Crippen LogP contribution in [0.1, 0.15) is 174 Å². The maximum Gasteiger partial charge on any atom is 0.340 e. The molecule has 4 atom stereocenters. The molecule has 103 heavy (non-hydrogen) atoms. The van der Waals surface area contributed by atoms with Gasteiger partial charge in [-0.15, -0.1) is 0 Å². The van der Waals surface area contributed by atoms with Gasteiger partial charge in [0.05, 0.1) is 74.1 Å². The highest BCUT2D eigenvalue weighted by Crippen LogP contribution is 2.58. The molecule has 3 aliphatic heterocycles. The van der Waals surface area contributed by atoms with E-state index in [-0.39, 0.29) is 77.8 Å². The molecule has 23 nitrogen and oxygen atoms in total. The van der Waals surface area contributed by atoms with Crippen molar-refractivity contribution in [2.45, 2.75) is 149 Å². The van der Waals surface area contributed by atoms with E-state index in [4.69, 9.17) is 46.9 Å². The molecule has 542 valence electrons. The van der Waals surface area contributed by atoms with Gasteiger partial charge in [-0.05, 0) is 159 Å². The van der Waals surface area contributed by atoms with Crippen LogP contribution in [0.3, 0.4) is 0 Å². The van der Waals surface area contributed by atoms with E-state index in [9.17, 15) is 38.8 Å². The molecule has 1 saturated heterocycles. The van der Waals surface area contributed by atoms with Crippen LogP contribution in [-0.2, 0) is 48.8 Å². The van der Waals surface area contributed by atoms with E-state index < -0.39 is 89.8 Å². The van der Waals surface area contributed by atoms with E-state index in [1.807, 2.05) is 107 Å². The third-order valence-electron chi connectivity index (χ3n) is 17.8. The van der Waals surface area contributed by atoms with Gasteiger partial charge in [0.15, 0.2) is 5.60 Å². The average molecular weight is 1430 g/mol. The normalized spacial score (nSPS) is 16.3. The molecule has 10 rings (SSSR count). The van der Waals surface area contributed by atoms with E-state index in [0.29, 0.717) is 67.0 Å². The Balaban J connectivity index is 0.783. The number of amides is 2. The van der Waals surface area contributed by atoms with Gasteiger partial charge in [-0.2, -0.15) is 5.26 Å². The van der Waals surface area contributed by atoms with Crippen molar-refractivity contribution in [3.05, 3.63) is 217 Å². The topological polar surface area (TPSA) is 284 Å². The second kappa shape index (κ2) is 32.7. The molecule has 6 aromatic carbocycles. The summed E-state index contributed by atoms with van der Waals surface area (Å²) in [5.74, 6) is -0.372. The minimum Gasteiger partial charge on any atom is -0.497 e. The number of aromatic nitrogens is 2. The lowest BCUT2D eigenvalue weighted by Crippen LogP contribution is -2.39. The van der Waals surface area contributed by atoms with Crippen molar-refractivity contribution in [2.24, 2.45) is 10.8 Å². The zero-order chi connectivity index (χ0) is 74.0. The molecule has 1 unspecified atom stereocenters. The summed E-state index contributed by atoms with van der Waals surface area (Å²) in [6.07, 6.45) is 4.17. The lowest BCUT2D eigenvalue weighted by Gasteiger charge is -2.39. The van der Waals surface area contributed by atoms with Crippen LogP contribution in [0.15, 0.2) is 155 Å². The first-order valence-corrected chi connectivity index (χ1v) is 35.6. The number of fused-ring (bicyclic) bond motifs is 6. The minimum absolute atomic E-state index is 0.0342. The quantitative estimate of drug-likeness (QED) is 0.00980. The molecule has 0 bridgehead atoms. The standard InChI is InChI=1S/C79H89N6O17P/c1-49(2)85(50(3)4)103(96-42-20-38-80)102-67-46-64(99-68(67)48-95-78(52-21-16-15-17-22-52,53-24-28-55(93-11)29-25-53)54-26-30-56(94-12)31-27-54)60-47-84(75(92)83-71(60)88)41-37-69(86)81-39-18-13-14-19-40-82-70(87)51-23-34-61-59(43-51)72(89)101-79(61)62-35-32-57(97-73(90)76(5,6)7)44-65(62)100-66-45-58(33-36-63(66)79)98-74(91)77(8,9)10/h15-17,21-37,41,43-45,47,49-50,64,67-68H,13-14,18-20,39-40,42,46,48H2,1-12H3,(H,81,86)(H,82,87)(H,83,88,92)/t64-,67+,68-,103?/m1/s1. The maximum atomic E-state index is 14.0. The van der Waals surface area contributed by atoms with E-state index >= 15 is 0 Å². The number of unbranched alkanes of at least 4 members (excludes halogenated alkanes) is 3. The van der Waals surface area contributed by atoms with Crippen molar-refractivity contribution in [1.82, 2.24) is 24.9 Å². The number of benzene rings is 6. The zero-order valence-corrected chi connectivity index (χ0v) is 61.0. The molecular weight excluding hydrogens is 1340 g/mol. The van der Waals surface area contributed by atoms with Crippen LogP contribution >= 0.6 is 8.53 Å². The highest BCUT2D eigenvalue weighted by Gasteiger charge is 2.54. The summed E-state index contributed by atoms with van der Waals surface area (Å²) >= 11 is 0. The molecule has 3 aliphatic rings. The third kappa shape index (κ3) is 17.1. The van der Waals surface area contributed by atoms with Crippen molar-refractivity contribution in [1.29, 1.82) is 5.26 Å². The van der Waals surface area contributed by atoms with E-state index in [1.165, 1.54) is 24.5 Å². The molecule has 0 aliphatic carbocycles. The van der Waals surface area contributed by atoms with Crippen molar-refractivity contribution in [3.8, 4) is 40.6 Å². The Kier molecular flexibility index (Phi) is 24.1. The van der Waals surface area contributed by atoms with Crippen molar-refractivity contribution in [2.75, 3.05) is 40.5 Å². The van der Waals surface area contributed by atoms with Crippen LogP contribution in [0.4, 0.5) is 0 Å². The summed E-state index contributed by atoms with van der Waals surface area (Å²) in [6.45, 7) is 19.2. The number of aromatic amines is 1. The van der Waals surface area contributed by atoms with Gasteiger partial charge < -0.3 is 57.6 Å². The van der Waals surface area contributed by atoms with Crippen molar-refractivity contribution < 1.29 is 70.9 Å². The van der Waals surface area contributed by atoms with E-state index in [0.717, 1.165) is 21.3 Å². The molecule has 1 aromatic heterocycles. The SMILES string of the molecule is COc1ccc(C(OC[C@H]2O[C@@H](c3cn(C=CC(=O)NCCCCCCNC(=O)c4ccc5c(c4)C(=O)OC54c5ccc(OC(=O)C(C)(C)C)cc5Oc5cc(OC(=O)C(C)(C)C)ccc54)c(=O)[nH]c3=O)C[C@@H]2OP(OCCC#N)N(C(C)C)C(C)C)(c2ccccc2)c2ccc(OC)cc2)cc1. The average Bonchev–Trinajstić information content (AvgIpc) is 1.60. The molecule has 2 amide bonds. The fraction of sp³-hybridized carbons (Fsp3) is 0.392. The molecule has 7 aromatic rings. The molecule has 0 saturated carbocycles.